The maximum Gasteiger partial charge on any atom is 0.273 e. The predicted molar refractivity (Wildman–Crippen MR) is 232 cm³/mol. The second-order valence-electron chi connectivity index (χ2n) is 13.0. The minimum absolute atomic E-state index is 0. The van der Waals surface area contributed by atoms with Crippen LogP contribution in [0.2, 0.25) is 0 Å². The number of nitrogen functional groups attached to an aromatic ring is 1. The van der Waals surface area contributed by atoms with Gasteiger partial charge in [-0.15, -0.1) is 0 Å². The smallest absolute Gasteiger partial charge is 0.273 e. The number of anilines is 1. The second kappa shape index (κ2) is 31.2. The quantitative estimate of drug-likeness (QED) is 0.0528. The highest BCUT2D eigenvalue weighted by Gasteiger charge is 2.20. The number of ether oxygens (including phenoxy) is 2. The van der Waals surface area contributed by atoms with Crippen molar-refractivity contribution in [3.05, 3.63) is 98.8 Å². The molecular weight excluding hydrogens is 778 g/mol. The van der Waals surface area contributed by atoms with Crippen molar-refractivity contribution in [1.82, 2.24) is 14.7 Å². The zero-order chi connectivity index (χ0) is 40.7. The highest BCUT2D eigenvalue weighted by molar-refractivity contribution is 5.78. The van der Waals surface area contributed by atoms with Gasteiger partial charge in [0.05, 0.1) is 35.2 Å². The monoisotopic (exact) mass is 841 g/mol. The number of nitrogens with zero attached hydrogens (tertiary/aromatic N) is 5. The van der Waals surface area contributed by atoms with Gasteiger partial charge in [-0.2, -0.15) is 0 Å². The van der Waals surface area contributed by atoms with Gasteiger partial charge in [-0.1, -0.05) is 40.5 Å². The Morgan fingerprint density at radius 2 is 1.03 bits per heavy atom. The van der Waals surface area contributed by atoms with E-state index in [1.54, 1.807) is 18.2 Å². The molecule has 0 atom stereocenters. The lowest BCUT2D eigenvalue weighted by Gasteiger charge is -2.15. The third-order valence-electron chi connectivity index (χ3n) is 8.69. The third-order valence-corrected chi connectivity index (χ3v) is 8.69. The molecule has 3 aromatic carbocycles. The molecule has 3 radical (unpaired) electrons. The van der Waals surface area contributed by atoms with E-state index in [2.05, 4.69) is 0 Å². The number of amides is 3. The third kappa shape index (κ3) is 21.3. The summed E-state index contributed by atoms with van der Waals surface area (Å²) in [6, 6.07) is 18.1. The summed E-state index contributed by atoms with van der Waals surface area (Å²) in [5.74, 6) is 1.41. The Kier molecular flexibility index (Phi) is 29.3. The minimum Gasteiger partial charge on any atom is -0.493 e. The second-order valence-corrected chi connectivity index (χ2v) is 13.0. The standard InChI is InChI=1S/C13H16N2O4.C13H18N2O2.C7H13NO2.C6H4FNO2.3CH4.B/c16-13-6-2-7-14(13)8-3-9-19-12-5-1-4-11(10-12)15(17)18;14-11-4-1-5-12(10-11)17-9-3-8-15-7-2-6-13(15)16;9-6-2-5-8-4-1-3-7(8)10;7-5-2-1-3-6(4-5)8(9)10;;;;/h1,4-5,10H,2-3,6-9H2;1,4-5,10H,2-3,6-9,14H2;9H,1-6H2;1-4H;3*1H4;. The van der Waals surface area contributed by atoms with Gasteiger partial charge in [-0.25, -0.2) is 4.39 Å². The van der Waals surface area contributed by atoms with Crippen molar-refractivity contribution < 1.29 is 43.2 Å². The summed E-state index contributed by atoms with van der Waals surface area (Å²) in [5, 5.41) is 29.1. The number of aliphatic hydroxyl groups is 1. The first kappa shape index (κ1) is 56.3. The Hall–Kier alpha value is -5.78. The fourth-order valence-electron chi connectivity index (χ4n) is 5.85. The Morgan fingerprint density at radius 3 is 1.40 bits per heavy atom. The van der Waals surface area contributed by atoms with E-state index in [1.165, 1.54) is 24.3 Å². The van der Waals surface area contributed by atoms with Crippen molar-refractivity contribution in [2.24, 2.45) is 0 Å². The van der Waals surface area contributed by atoms with Crippen molar-refractivity contribution in [3.63, 3.8) is 0 Å². The van der Waals surface area contributed by atoms with Gasteiger partial charge in [-0.05, 0) is 62.8 Å². The molecule has 3 aliphatic rings. The lowest BCUT2D eigenvalue weighted by Crippen LogP contribution is -2.26. The van der Waals surface area contributed by atoms with Crippen LogP contribution in [0.5, 0.6) is 11.5 Å². The fraction of sp³-hybridized carbons (Fsp3) is 0.500. The van der Waals surface area contributed by atoms with Crippen LogP contribution < -0.4 is 15.2 Å². The topological polar surface area (TPSA) is 212 Å². The number of benzene rings is 3. The van der Waals surface area contributed by atoms with E-state index >= 15 is 0 Å². The summed E-state index contributed by atoms with van der Waals surface area (Å²) >= 11 is 0. The number of carbonyl (C=O) groups excluding carboxylic acids is 3. The fourth-order valence-corrected chi connectivity index (χ4v) is 5.85. The first-order valence-electron chi connectivity index (χ1n) is 18.7. The van der Waals surface area contributed by atoms with E-state index in [9.17, 15) is 39.0 Å². The Bertz CT molecular complexity index is 1740. The van der Waals surface area contributed by atoms with Crippen molar-refractivity contribution in [1.29, 1.82) is 0 Å². The van der Waals surface area contributed by atoms with Crippen LogP contribution >= 0.6 is 0 Å². The Labute approximate surface area is 355 Å². The zero-order valence-corrected chi connectivity index (χ0v) is 32.0. The molecule has 3 fully saturated rings. The summed E-state index contributed by atoms with van der Waals surface area (Å²) in [5.41, 5.74) is 6.15. The van der Waals surface area contributed by atoms with Gasteiger partial charge < -0.3 is 35.0 Å². The molecule has 3 aromatic rings. The molecule has 0 aliphatic carbocycles. The molecule has 3 heterocycles. The van der Waals surface area contributed by atoms with Crippen molar-refractivity contribution >= 4 is 43.2 Å². The lowest BCUT2D eigenvalue weighted by molar-refractivity contribution is -0.385. The number of aliphatic hydroxyl groups excluding tert-OH is 1. The van der Waals surface area contributed by atoms with Gasteiger partial charge in [0, 0.05) is 97.4 Å². The highest BCUT2D eigenvalue weighted by Crippen LogP contribution is 2.20. The van der Waals surface area contributed by atoms with Crippen LogP contribution in [0, 0.1) is 26.0 Å². The van der Waals surface area contributed by atoms with E-state index in [1.807, 2.05) is 32.9 Å². The van der Waals surface area contributed by atoms with E-state index in [4.69, 9.17) is 20.3 Å². The maximum atomic E-state index is 12.2. The van der Waals surface area contributed by atoms with Crippen LogP contribution in [0.15, 0.2) is 72.8 Å². The van der Waals surface area contributed by atoms with Crippen LogP contribution in [-0.4, -0.2) is 115 Å². The number of nitro benzene ring substituents is 2. The number of nitrogens with two attached hydrogens (primary N) is 1. The normalized spacial score (nSPS) is 13.6. The molecule has 0 unspecified atom stereocenters. The highest BCUT2D eigenvalue weighted by atomic mass is 19.1. The molecule has 6 rings (SSSR count). The molecule has 331 valence electrons. The number of likely N-dealkylation sites (tertiary alicyclic amines) is 3. The molecule has 0 bridgehead atoms. The zero-order valence-electron chi connectivity index (χ0n) is 32.0. The van der Waals surface area contributed by atoms with Gasteiger partial charge in [0.15, 0.2) is 0 Å². The average Bonchev–Trinajstić information content (AvgIpc) is 3.92. The SMILES string of the molecule is C.C.C.Nc1cccc(OCCCN2CCCC2=O)c1.O=C1CCCN1CCCO.O=C1CCCN1CCCOc1cccc([N+](=O)[O-])c1.O=[N+]([O-])c1cccc(F)c1.[B]. The number of non-ortho nitro benzene ring substituents is 2. The molecule has 0 spiro atoms. The lowest BCUT2D eigenvalue weighted by atomic mass is 10.3. The average molecular weight is 842 g/mol. The molecule has 0 aromatic heterocycles. The number of halogens is 1. The molecule has 0 saturated carbocycles. The molecular formula is C42H63BFN6O10. The molecule has 16 nitrogen and oxygen atoms in total. The minimum atomic E-state index is -0.636. The first-order valence-corrected chi connectivity index (χ1v) is 18.7. The molecule has 60 heavy (non-hydrogen) atoms. The Morgan fingerprint density at radius 1 is 0.633 bits per heavy atom. The van der Waals surface area contributed by atoms with Gasteiger partial charge in [-0.3, -0.25) is 34.6 Å². The van der Waals surface area contributed by atoms with Gasteiger partial charge in [0.25, 0.3) is 11.4 Å². The van der Waals surface area contributed by atoms with Gasteiger partial charge in [0.2, 0.25) is 17.7 Å². The number of carbonyl (C=O) groups is 3. The largest absolute Gasteiger partial charge is 0.493 e. The summed E-state index contributed by atoms with van der Waals surface area (Å²) < 4.78 is 23.2. The molecule has 3 N–H and O–H groups in total. The van der Waals surface area contributed by atoms with Crippen LogP contribution in [0.3, 0.4) is 0 Å². The number of nitro groups is 2. The van der Waals surface area contributed by atoms with Gasteiger partial charge >= 0.3 is 0 Å². The Balaban J connectivity index is 0. The van der Waals surface area contributed by atoms with E-state index in [-0.39, 0.29) is 66.4 Å². The summed E-state index contributed by atoms with van der Waals surface area (Å²) in [4.78, 5) is 58.7. The first-order chi connectivity index (χ1) is 27.0. The van der Waals surface area contributed by atoms with Crippen LogP contribution in [0.1, 0.15) is 80.1 Å². The number of rotatable bonds is 15. The van der Waals surface area contributed by atoms with E-state index in [0.717, 1.165) is 82.7 Å². The maximum absolute atomic E-state index is 12.2. The predicted octanol–water partition coefficient (Wildman–Crippen LogP) is 6.90. The summed E-state index contributed by atoms with van der Waals surface area (Å²) in [7, 11) is 0. The van der Waals surface area contributed by atoms with Crippen LogP contribution in [0.25, 0.3) is 0 Å². The summed E-state index contributed by atoms with van der Waals surface area (Å²) in [6.45, 7) is 6.08. The molecule has 3 saturated heterocycles. The van der Waals surface area contributed by atoms with Crippen LogP contribution in [0.4, 0.5) is 21.5 Å². The molecule has 3 aliphatic heterocycles. The van der Waals surface area contributed by atoms with Crippen molar-refractivity contribution in [2.45, 2.75) is 80.1 Å². The molecule has 3 amide bonds. The van der Waals surface area contributed by atoms with Crippen LogP contribution in [-0.2, 0) is 14.4 Å². The molecule has 18 heteroatoms. The summed E-state index contributed by atoms with van der Waals surface area (Å²) in [6.07, 6.45) is 7.28. The van der Waals surface area contributed by atoms with Gasteiger partial charge in [0.1, 0.15) is 17.3 Å². The number of hydrogen-bond acceptors (Lipinski definition) is 11. The van der Waals surface area contributed by atoms with E-state index in [0.29, 0.717) is 56.9 Å². The van der Waals surface area contributed by atoms with E-state index < -0.39 is 15.7 Å². The number of hydrogen-bond donors (Lipinski definition) is 2. The van der Waals surface area contributed by atoms with Crippen molar-refractivity contribution in [3.8, 4) is 11.5 Å². The van der Waals surface area contributed by atoms with Crippen molar-refractivity contribution in [2.75, 3.05) is 64.8 Å².